The number of morpholine rings is 1. The second-order valence-electron chi connectivity index (χ2n) is 12.6. The van der Waals surface area contributed by atoms with E-state index in [1.165, 1.54) is 5.01 Å². The third-order valence-electron chi connectivity index (χ3n) is 8.64. The van der Waals surface area contributed by atoms with Crippen LogP contribution in [0.4, 0.5) is 11.4 Å². The number of hydrogen-bond acceptors (Lipinski definition) is 13. The summed E-state index contributed by atoms with van der Waals surface area (Å²) in [5, 5.41) is 4.74. The molecule has 5 rings (SSSR count). The van der Waals surface area contributed by atoms with Gasteiger partial charge in [0.15, 0.2) is 0 Å². The van der Waals surface area contributed by atoms with Crippen LogP contribution in [-0.4, -0.2) is 89.3 Å². The summed E-state index contributed by atoms with van der Waals surface area (Å²) in [7, 11) is 3.28. The highest BCUT2D eigenvalue weighted by atomic mass is 32.2. The Morgan fingerprint density at radius 1 is 1.16 bits per heavy atom. The molecule has 0 saturated carbocycles. The van der Waals surface area contributed by atoms with E-state index in [2.05, 4.69) is 41.7 Å². The molecule has 51 heavy (non-hydrogen) atoms. The summed E-state index contributed by atoms with van der Waals surface area (Å²) in [6, 6.07) is 16.1. The third-order valence-corrected chi connectivity index (χ3v) is 9.71. The van der Waals surface area contributed by atoms with Crippen LogP contribution in [0, 0.1) is 6.92 Å². The van der Waals surface area contributed by atoms with Crippen LogP contribution in [0.1, 0.15) is 55.9 Å². The molecule has 3 aromatic carbocycles. The van der Waals surface area contributed by atoms with E-state index >= 15 is 0 Å². The molecule has 0 aromatic heterocycles. The second-order valence-corrected chi connectivity index (χ2v) is 13.7. The van der Waals surface area contributed by atoms with Crippen LogP contribution in [0.15, 0.2) is 53.4 Å². The zero-order valence-electron chi connectivity index (χ0n) is 29.7. The molecular weight excluding hydrogens is 671 g/mol. The Balaban J connectivity index is 0.00000583. The number of esters is 1. The first kappa shape index (κ1) is 40.1. The van der Waals surface area contributed by atoms with E-state index in [9.17, 15) is 4.79 Å². The van der Waals surface area contributed by atoms with E-state index in [-0.39, 0.29) is 37.9 Å². The fraction of sp³-hybridized carbons (Fsp3) is 0.500. The zero-order chi connectivity index (χ0) is 35.6. The molecule has 3 aromatic rings. The summed E-state index contributed by atoms with van der Waals surface area (Å²) in [5.74, 6) is 7.51. The number of carbonyl (C=O) groups is 1. The molecule has 3 unspecified atom stereocenters. The van der Waals surface area contributed by atoms with Crippen LogP contribution in [0.25, 0.3) is 0 Å². The van der Waals surface area contributed by atoms with Crippen molar-refractivity contribution in [2.24, 2.45) is 5.84 Å². The normalized spacial score (nSPS) is 18.0. The van der Waals surface area contributed by atoms with Gasteiger partial charge in [-0.25, -0.2) is 10.1 Å². The molecule has 2 heterocycles. The lowest BCUT2D eigenvalue weighted by molar-refractivity contribution is -0.143. The molecule has 0 bridgehead atoms. The van der Waals surface area contributed by atoms with Crippen molar-refractivity contribution in [3.8, 4) is 17.2 Å². The van der Waals surface area contributed by atoms with Crippen LogP contribution in [0.2, 0.25) is 0 Å². The minimum Gasteiger partial charge on any atom is -0.494 e. The predicted molar refractivity (Wildman–Crippen MR) is 203 cm³/mol. The van der Waals surface area contributed by atoms with Gasteiger partial charge < -0.3 is 44.5 Å². The highest BCUT2D eigenvalue weighted by Crippen LogP contribution is 2.41. The van der Waals surface area contributed by atoms with Crippen molar-refractivity contribution >= 4 is 29.3 Å². The lowest BCUT2D eigenvalue weighted by Crippen LogP contribution is -2.41. The van der Waals surface area contributed by atoms with Crippen molar-refractivity contribution in [3.63, 3.8) is 0 Å². The van der Waals surface area contributed by atoms with E-state index in [1.807, 2.05) is 37.3 Å². The molecule has 1 fully saturated rings. The number of hydrazine groups is 1. The average Bonchev–Trinajstić information content (AvgIpc) is 3.24. The van der Waals surface area contributed by atoms with E-state index in [1.54, 1.807) is 26.1 Å². The molecule has 280 valence electrons. The van der Waals surface area contributed by atoms with Crippen molar-refractivity contribution in [1.29, 1.82) is 0 Å². The van der Waals surface area contributed by atoms with Gasteiger partial charge in [-0.3, -0.25) is 4.79 Å². The maximum atomic E-state index is 12.9. The van der Waals surface area contributed by atoms with E-state index in [0.717, 1.165) is 51.7 Å². The predicted octanol–water partition coefficient (Wildman–Crippen LogP) is 5.29. The van der Waals surface area contributed by atoms with E-state index < -0.39 is 0 Å². The van der Waals surface area contributed by atoms with Crippen LogP contribution in [0.3, 0.4) is 0 Å². The number of fused-ring (bicyclic) bond motifs is 1. The Bertz CT molecular complexity index is 1590. The maximum absolute atomic E-state index is 12.9. The zero-order valence-corrected chi connectivity index (χ0v) is 30.6. The first-order valence-electron chi connectivity index (χ1n) is 17.1. The molecule has 2 aliphatic heterocycles. The van der Waals surface area contributed by atoms with Crippen molar-refractivity contribution in [1.82, 2.24) is 9.62 Å². The molecule has 12 nitrogen and oxygen atoms in total. The van der Waals surface area contributed by atoms with Gasteiger partial charge in [0.25, 0.3) is 0 Å². The summed E-state index contributed by atoms with van der Waals surface area (Å²) in [6.45, 7) is 11.5. The maximum Gasteiger partial charge on any atom is 0.306 e. The number of benzene rings is 3. The quantitative estimate of drug-likeness (QED) is 0.0467. The van der Waals surface area contributed by atoms with Gasteiger partial charge in [0.05, 0.1) is 56.6 Å². The fourth-order valence-electron chi connectivity index (χ4n) is 6.19. The van der Waals surface area contributed by atoms with Gasteiger partial charge >= 0.3 is 5.97 Å². The van der Waals surface area contributed by atoms with Crippen molar-refractivity contribution < 1.29 is 33.2 Å². The summed E-state index contributed by atoms with van der Waals surface area (Å²) < 4.78 is 37.1. The lowest BCUT2D eigenvalue weighted by Gasteiger charge is -2.25. The van der Waals surface area contributed by atoms with Gasteiger partial charge in [-0.15, -0.1) is 0 Å². The van der Waals surface area contributed by atoms with E-state index in [0.29, 0.717) is 63.2 Å². The Morgan fingerprint density at radius 3 is 2.71 bits per heavy atom. The number of nitrogens with one attached hydrogen (secondary N) is 1. The first-order valence-corrected chi connectivity index (χ1v) is 17.9. The molecule has 0 spiro atoms. The van der Waals surface area contributed by atoms with Crippen LogP contribution in [-0.2, 0) is 25.5 Å². The van der Waals surface area contributed by atoms with Crippen molar-refractivity contribution in [3.05, 3.63) is 70.8 Å². The molecule has 0 radical (unpaired) electrons. The number of anilines is 2. The monoisotopic (exact) mass is 725 g/mol. The standard InChI is InChI=1S/C37H51N5O7S.CH4/c1-6-46-36(43)19-31(27-16-32(38)37(41(4)39)34(17-27)44-5)26-8-7-24(2)28(15-26)22-42-21-25(3)49-33-18-29(9-10-35(33)50-42)48-14-13-45-23-30-20-40-11-12-47-30;/h7-10,15-18,25,30-31,40H,6,11-14,19-23,38-39H2,1-5H3;1H4. The smallest absolute Gasteiger partial charge is 0.306 e. The molecular formula is C38H55N5O7S. The topological polar surface area (TPSA) is 143 Å². The summed E-state index contributed by atoms with van der Waals surface area (Å²) in [4.78, 5) is 13.9. The number of rotatable bonds is 15. The lowest BCUT2D eigenvalue weighted by atomic mass is 9.86. The van der Waals surface area contributed by atoms with Gasteiger partial charge in [-0.05, 0) is 79.2 Å². The Hall–Kier alpha value is -3.72. The largest absolute Gasteiger partial charge is 0.494 e. The van der Waals surface area contributed by atoms with Crippen LogP contribution < -0.4 is 36.1 Å². The van der Waals surface area contributed by atoms with Crippen LogP contribution >= 0.6 is 11.9 Å². The number of ether oxygens (including phenoxy) is 6. The Morgan fingerprint density at radius 2 is 1.98 bits per heavy atom. The fourth-order valence-corrected chi connectivity index (χ4v) is 7.28. The van der Waals surface area contributed by atoms with Gasteiger partial charge in [-0.2, -0.15) is 0 Å². The summed E-state index contributed by atoms with van der Waals surface area (Å²) in [5.41, 5.74) is 11.6. The third kappa shape index (κ3) is 10.9. The molecule has 0 aliphatic carbocycles. The Labute approximate surface area is 307 Å². The molecule has 5 N–H and O–H groups in total. The summed E-state index contributed by atoms with van der Waals surface area (Å²) >= 11 is 1.67. The number of methoxy groups -OCH3 is 1. The molecule has 2 aliphatic rings. The minimum absolute atomic E-state index is 0. The molecule has 13 heteroatoms. The van der Waals surface area contributed by atoms with Crippen LogP contribution in [0.5, 0.6) is 17.2 Å². The van der Waals surface area contributed by atoms with Gasteiger partial charge in [0.1, 0.15) is 35.6 Å². The highest BCUT2D eigenvalue weighted by molar-refractivity contribution is 7.97. The number of nitrogen functional groups attached to an aromatic ring is 1. The second kappa shape index (κ2) is 19.2. The van der Waals surface area contributed by atoms with E-state index in [4.69, 9.17) is 40.0 Å². The number of nitrogens with two attached hydrogens (primary N) is 2. The number of carbonyl (C=O) groups excluding carboxylic acids is 1. The SMILES string of the molecule is C.CCOC(=O)CC(c1ccc(C)c(CN2CC(C)Oc3cc(OCCOCC4CNCCO4)ccc3S2)c1)c1cc(N)c(N(C)N)c(OC)c1. The molecule has 3 atom stereocenters. The van der Waals surface area contributed by atoms with Crippen molar-refractivity contribution in [2.75, 3.05) is 77.6 Å². The molecule has 1 saturated heterocycles. The van der Waals surface area contributed by atoms with Gasteiger partial charge in [0, 0.05) is 45.2 Å². The summed E-state index contributed by atoms with van der Waals surface area (Å²) in [6.07, 6.45) is 0.181. The average molecular weight is 726 g/mol. The number of nitrogens with zero attached hydrogens (tertiary/aromatic N) is 2. The van der Waals surface area contributed by atoms with Gasteiger partial charge in [-0.1, -0.05) is 25.6 Å². The minimum atomic E-state index is -0.317. The highest BCUT2D eigenvalue weighted by Gasteiger charge is 2.26. The van der Waals surface area contributed by atoms with Gasteiger partial charge in [0.2, 0.25) is 0 Å². The Kier molecular flexibility index (Phi) is 15.1. The molecule has 0 amide bonds. The number of aryl methyl sites for hydroxylation is 1. The number of hydrogen-bond donors (Lipinski definition) is 3. The van der Waals surface area contributed by atoms with Crippen molar-refractivity contribution in [2.45, 2.75) is 64.2 Å². The first-order chi connectivity index (χ1) is 24.1.